The smallest absolute Gasteiger partial charge is 0.122 e. The van der Waals surface area contributed by atoms with Crippen molar-refractivity contribution >= 4 is 0 Å². The van der Waals surface area contributed by atoms with Gasteiger partial charge in [0.05, 0.1) is 7.11 Å². The molecule has 0 amide bonds. The second-order valence-electron chi connectivity index (χ2n) is 4.20. The predicted molar refractivity (Wildman–Crippen MR) is 62.1 cm³/mol. The molecule has 0 aromatic heterocycles. The van der Waals surface area contributed by atoms with E-state index in [-0.39, 0.29) is 6.61 Å². The second-order valence-corrected chi connectivity index (χ2v) is 4.20. The van der Waals surface area contributed by atoms with Gasteiger partial charge in [0.25, 0.3) is 0 Å². The molecule has 0 saturated carbocycles. The van der Waals surface area contributed by atoms with Crippen molar-refractivity contribution in [3.63, 3.8) is 0 Å². The standard InChI is InChI=1S/C13H20O2/c1-10(2)12(9-14)8-11-6-4-5-7-13(11)15-3/h4-7,10,12,14H,8-9H2,1-3H3. The first kappa shape index (κ1) is 12.1. The van der Waals surface area contributed by atoms with Gasteiger partial charge >= 0.3 is 0 Å². The van der Waals surface area contributed by atoms with Crippen LogP contribution in [-0.4, -0.2) is 18.8 Å². The van der Waals surface area contributed by atoms with Gasteiger partial charge in [-0.25, -0.2) is 0 Å². The van der Waals surface area contributed by atoms with Crippen LogP contribution >= 0.6 is 0 Å². The lowest BCUT2D eigenvalue weighted by Gasteiger charge is -2.19. The summed E-state index contributed by atoms with van der Waals surface area (Å²) >= 11 is 0. The van der Waals surface area contributed by atoms with Crippen LogP contribution in [0.2, 0.25) is 0 Å². The van der Waals surface area contributed by atoms with E-state index in [0.717, 1.165) is 12.2 Å². The van der Waals surface area contributed by atoms with E-state index in [9.17, 15) is 5.11 Å². The van der Waals surface area contributed by atoms with Gasteiger partial charge in [-0.05, 0) is 29.9 Å². The lowest BCUT2D eigenvalue weighted by Crippen LogP contribution is -2.16. The van der Waals surface area contributed by atoms with E-state index < -0.39 is 0 Å². The van der Waals surface area contributed by atoms with Crippen LogP contribution in [-0.2, 0) is 6.42 Å². The van der Waals surface area contributed by atoms with Crippen molar-refractivity contribution in [2.45, 2.75) is 20.3 Å². The lowest BCUT2D eigenvalue weighted by molar-refractivity contribution is 0.188. The van der Waals surface area contributed by atoms with Crippen molar-refractivity contribution in [2.75, 3.05) is 13.7 Å². The summed E-state index contributed by atoms with van der Waals surface area (Å²) in [5, 5.41) is 9.28. The third kappa shape index (κ3) is 3.24. The third-order valence-electron chi connectivity index (χ3n) is 2.85. The van der Waals surface area contributed by atoms with Crippen molar-refractivity contribution in [3.8, 4) is 5.75 Å². The van der Waals surface area contributed by atoms with Crippen molar-refractivity contribution in [3.05, 3.63) is 29.8 Å². The summed E-state index contributed by atoms with van der Waals surface area (Å²) in [4.78, 5) is 0. The van der Waals surface area contributed by atoms with Crippen LogP contribution < -0.4 is 4.74 Å². The van der Waals surface area contributed by atoms with Crippen LogP contribution in [0.5, 0.6) is 5.75 Å². The van der Waals surface area contributed by atoms with Crippen LogP contribution in [0.1, 0.15) is 19.4 Å². The Kier molecular flexibility index (Phi) is 4.63. The Balaban J connectivity index is 2.78. The van der Waals surface area contributed by atoms with E-state index in [4.69, 9.17) is 4.74 Å². The highest BCUT2D eigenvalue weighted by Gasteiger charge is 2.14. The molecule has 0 aliphatic carbocycles. The molecule has 2 heteroatoms. The number of rotatable bonds is 5. The average molecular weight is 208 g/mol. The number of ether oxygens (including phenoxy) is 1. The van der Waals surface area contributed by atoms with E-state index in [1.807, 2.05) is 18.2 Å². The molecule has 0 radical (unpaired) electrons. The van der Waals surface area contributed by atoms with Gasteiger partial charge in [0, 0.05) is 6.61 Å². The molecule has 0 spiro atoms. The summed E-state index contributed by atoms with van der Waals surface area (Å²) in [5.41, 5.74) is 1.17. The Morgan fingerprint density at radius 2 is 1.93 bits per heavy atom. The fraction of sp³-hybridized carbons (Fsp3) is 0.538. The molecule has 0 saturated heterocycles. The fourth-order valence-electron chi connectivity index (χ4n) is 1.67. The number of aliphatic hydroxyl groups excluding tert-OH is 1. The molecule has 0 aliphatic rings. The normalized spacial score (nSPS) is 12.9. The Hall–Kier alpha value is -1.02. The first-order valence-electron chi connectivity index (χ1n) is 5.41. The van der Waals surface area contributed by atoms with E-state index in [1.54, 1.807) is 7.11 Å². The number of aliphatic hydroxyl groups is 1. The van der Waals surface area contributed by atoms with Crippen molar-refractivity contribution < 1.29 is 9.84 Å². The number of benzene rings is 1. The number of hydrogen-bond donors (Lipinski definition) is 1. The minimum atomic E-state index is 0.232. The largest absolute Gasteiger partial charge is 0.496 e. The highest BCUT2D eigenvalue weighted by atomic mass is 16.5. The van der Waals surface area contributed by atoms with Gasteiger partial charge in [0.15, 0.2) is 0 Å². The third-order valence-corrected chi connectivity index (χ3v) is 2.85. The molecular formula is C13H20O2. The molecule has 2 nitrogen and oxygen atoms in total. The Bertz CT molecular complexity index is 294. The van der Waals surface area contributed by atoms with Crippen LogP contribution in [0, 0.1) is 11.8 Å². The SMILES string of the molecule is COc1ccccc1CC(CO)C(C)C. The quantitative estimate of drug-likeness (QED) is 0.805. The molecule has 15 heavy (non-hydrogen) atoms. The summed E-state index contributed by atoms with van der Waals surface area (Å²) in [7, 11) is 1.68. The zero-order chi connectivity index (χ0) is 11.3. The highest BCUT2D eigenvalue weighted by Crippen LogP contribution is 2.23. The van der Waals surface area contributed by atoms with Gasteiger partial charge < -0.3 is 9.84 Å². The molecule has 1 atom stereocenters. The Morgan fingerprint density at radius 3 is 2.47 bits per heavy atom. The van der Waals surface area contributed by atoms with Crippen LogP contribution in [0.25, 0.3) is 0 Å². The zero-order valence-electron chi connectivity index (χ0n) is 9.73. The van der Waals surface area contributed by atoms with E-state index in [2.05, 4.69) is 19.9 Å². The van der Waals surface area contributed by atoms with E-state index in [1.165, 1.54) is 5.56 Å². The molecule has 1 unspecified atom stereocenters. The summed E-state index contributed by atoms with van der Waals surface area (Å²) in [5.74, 6) is 1.71. The molecule has 1 N–H and O–H groups in total. The highest BCUT2D eigenvalue weighted by molar-refractivity contribution is 5.33. The first-order valence-corrected chi connectivity index (χ1v) is 5.41. The van der Waals surface area contributed by atoms with Gasteiger partial charge in [-0.2, -0.15) is 0 Å². The Morgan fingerprint density at radius 1 is 1.27 bits per heavy atom. The minimum absolute atomic E-state index is 0.232. The van der Waals surface area contributed by atoms with Crippen molar-refractivity contribution in [2.24, 2.45) is 11.8 Å². The average Bonchev–Trinajstić information content (AvgIpc) is 2.25. The summed E-state index contributed by atoms with van der Waals surface area (Å²) in [6.07, 6.45) is 0.873. The summed E-state index contributed by atoms with van der Waals surface area (Å²) < 4.78 is 5.29. The monoisotopic (exact) mass is 208 g/mol. The molecule has 84 valence electrons. The van der Waals surface area contributed by atoms with Gasteiger partial charge in [0.1, 0.15) is 5.75 Å². The summed E-state index contributed by atoms with van der Waals surface area (Å²) in [6, 6.07) is 7.99. The topological polar surface area (TPSA) is 29.5 Å². The van der Waals surface area contributed by atoms with Gasteiger partial charge in [-0.15, -0.1) is 0 Å². The Labute approximate surface area is 91.9 Å². The predicted octanol–water partition coefficient (Wildman–Crippen LogP) is 2.50. The molecule has 0 aliphatic heterocycles. The maximum atomic E-state index is 9.28. The summed E-state index contributed by atoms with van der Waals surface area (Å²) in [6.45, 7) is 4.50. The minimum Gasteiger partial charge on any atom is -0.496 e. The second kappa shape index (κ2) is 5.76. The fourth-order valence-corrected chi connectivity index (χ4v) is 1.67. The molecular weight excluding hydrogens is 188 g/mol. The van der Waals surface area contributed by atoms with E-state index >= 15 is 0 Å². The van der Waals surface area contributed by atoms with Crippen LogP contribution in [0.15, 0.2) is 24.3 Å². The van der Waals surface area contributed by atoms with Gasteiger partial charge in [-0.1, -0.05) is 32.0 Å². The van der Waals surface area contributed by atoms with Crippen molar-refractivity contribution in [1.29, 1.82) is 0 Å². The van der Waals surface area contributed by atoms with Gasteiger partial charge in [0.2, 0.25) is 0 Å². The molecule has 1 aromatic rings. The maximum absolute atomic E-state index is 9.28. The molecule has 1 rings (SSSR count). The van der Waals surface area contributed by atoms with Crippen LogP contribution in [0.3, 0.4) is 0 Å². The number of methoxy groups -OCH3 is 1. The van der Waals surface area contributed by atoms with Gasteiger partial charge in [-0.3, -0.25) is 0 Å². The number of para-hydroxylation sites is 1. The van der Waals surface area contributed by atoms with E-state index in [0.29, 0.717) is 11.8 Å². The molecule has 1 aromatic carbocycles. The first-order chi connectivity index (χ1) is 7.19. The van der Waals surface area contributed by atoms with Crippen molar-refractivity contribution in [1.82, 2.24) is 0 Å². The molecule has 0 fully saturated rings. The maximum Gasteiger partial charge on any atom is 0.122 e. The molecule has 0 heterocycles. The van der Waals surface area contributed by atoms with Crippen LogP contribution in [0.4, 0.5) is 0 Å². The zero-order valence-corrected chi connectivity index (χ0v) is 9.73. The number of hydrogen-bond acceptors (Lipinski definition) is 2. The lowest BCUT2D eigenvalue weighted by atomic mass is 9.90. The molecule has 0 bridgehead atoms.